The summed E-state index contributed by atoms with van der Waals surface area (Å²) in [4.78, 5) is 31.3. The van der Waals surface area contributed by atoms with Gasteiger partial charge < -0.3 is 20.3 Å². The third-order valence-electron chi connectivity index (χ3n) is 6.23. The molecule has 7 nitrogen and oxygen atoms in total. The maximum atomic E-state index is 12.6. The fourth-order valence-electron chi connectivity index (χ4n) is 4.71. The summed E-state index contributed by atoms with van der Waals surface area (Å²) >= 11 is 0. The number of nitrogens with one attached hydrogen (secondary N) is 2. The monoisotopic (exact) mass is 392 g/mol. The van der Waals surface area contributed by atoms with Crippen molar-refractivity contribution in [2.45, 2.75) is 36.9 Å². The van der Waals surface area contributed by atoms with Gasteiger partial charge in [-0.2, -0.15) is 0 Å². The van der Waals surface area contributed by atoms with Crippen LogP contribution in [0.2, 0.25) is 0 Å². The highest BCUT2D eigenvalue weighted by atomic mass is 16.5. The first-order valence-corrected chi connectivity index (χ1v) is 10.1. The second-order valence-corrected chi connectivity index (χ2v) is 8.23. The summed E-state index contributed by atoms with van der Waals surface area (Å²) in [5, 5.41) is 6.62. The second-order valence-electron chi connectivity index (χ2n) is 8.23. The van der Waals surface area contributed by atoms with E-state index in [2.05, 4.69) is 15.6 Å². The van der Waals surface area contributed by atoms with Crippen LogP contribution in [0.4, 0.5) is 5.69 Å². The van der Waals surface area contributed by atoms with Gasteiger partial charge in [0.25, 0.3) is 5.91 Å². The smallest absolute Gasteiger partial charge is 0.255 e. The van der Waals surface area contributed by atoms with E-state index in [1.54, 1.807) is 6.20 Å². The summed E-state index contributed by atoms with van der Waals surface area (Å²) in [5.41, 5.74) is 1.41. The molecule has 2 fully saturated rings. The highest BCUT2D eigenvalue weighted by Gasteiger charge is 2.53. The molecule has 2 N–H and O–H groups in total. The maximum Gasteiger partial charge on any atom is 0.255 e. The van der Waals surface area contributed by atoms with Gasteiger partial charge in [-0.3, -0.25) is 14.6 Å². The van der Waals surface area contributed by atoms with Gasteiger partial charge in [0.15, 0.2) is 0 Å². The van der Waals surface area contributed by atoms with E-state index in [1.165, 1.54) is 0 Å². The summed E-state index contributed by atoms with van der Waals surface area (Å²) in [6.45, 7) is 1.74. The first kappa shape index (κ1) is 18.1. The predicted molar refractivity (Wildman–Crippen MR) is 107 cm³/mol. The average molecular weight is 392 g/mol. The molecule has 2 spiro atoms. The average Bonchev–Trinajstić information content (AvgIpc) is 3.06. The van der Waals surface area contributed by atoms with E-state index >= 15 is 0 Å². The highest BCUT2D eigenvalue weighted by Crippen LogP contribution is 2.42. The number of anilines is 1. The first-order chi connectivity index (χ1) is 14.1. The standard InChI is InChI=1S/C22H24N4O3/c27-19(13-16-5-3-4-10-23-16)26-11-8-21(9-12-26)14-22(15-29-21)24-18-7-2-1-6-17(18)20(28)25-22/h1-7,10,24H,8-9,11-15H2,(H,25,28)/t22-/m0/s1. The minimum Gasteiger partial charge on any atom is -0.370 e. The van der Waals surface area contributed by atoms with Crippen LogP contribution in [-0.2, 0) is 16.0 Å². The van der Waals surface area contributed by atoms with Crippen molar-refractivity contribution in [3.8, 4) is 0 Å². The molecule has 2 amide bonds. The lowest BCUT2D eigenvalue weighted by molar-refractivity contribution is -0.135. The van der Waals surface area contributed by atoms with Gasteiger partial charge in [-0.15, -0.1) is 0 Å². The Morgan fingerprint density at radius 2 is 1.90 bits per heavy atom. The van der Waals surface area contributed by atoms with E-state index in [0.29, 0.717) is 38.1 Å². The number of ether oxygens (including phenoxy) is 1. The Hall–Kier alpha value is -2.93. The molecule has 3 aliphatic heterocycles. The summed E-state index contributed by atoms with van der Waals surface area (Å²) in [6, 6.07) is 13.2. The van der Waals surface area contributed by atoms with Crippen molar-refractivity contribution >= 4 is 17.5 Å². The lowest BCUT2D eigenvalue weighted by Gasteiger charge is -2.41. The highest BCUT2D eigenvalue weighted by molar-refractivity contribution is 6.02. The summed E-state index contributed by atoms with van der Waals surface area (Å²) in [5.74, 6) is 0.0345. The van der Waals surface area contributed by atoms with Crippen LogP contribution in [0.25, 0.3) is 0 Å². The molecule has 0 saturated carbocycles. The first-order valence-electron chi connectivity index (χ1n) is 10.1. The number of hydrogen-bond donors (Lipinski definition) is 2. The Morgan fingerprint density at radius 1 is 1.10 bits per heavy atom. The van der Waals surface area contributed by atoms with Crippen LogP contribution in [0.3, 0.4) is 0 Å². The fraction of sp³-hybridized carbons (Fsp3) is 0.409. The third kappa shape index (κ3) is 3.35. The number of aromatic nitrogens is 1. The van der Waals surface area contributed by atoms with E-state index in [4.69, 9.17) is 4.74 Å². The van der Waals surface area contributed by atoms with Crippen molar-refractivity contribution in [1.29, 1.82) is 0 Å². The number of fused-ring (bicyclic) bond motifs is 1. The number of amides is 2. The zero-order chi connectivity index (χ0) is 19.9. The van der Waals surface area contributed by atoms with E-state index in [9.17, 15) is 9.59 Å². The number of hydrogen-bond acceptors (Lipinski definition) is 5. The summed E-state index contributed by atoms with van der Waals surface area (Å²) in [7, 11) is 0. The van der Waals surface area contributed by atoms with Gasteiger partial charge in [0.05, 0.1) is 24.2 Å². The zero-order valence-electron chi connectivity index (χ0n) is 16.2. The molecule has 0 bridgehead atoms. The normalized spacial score (nSPS) is 24.8. The molecule has 2 aromatic rings. The van der Waals surface area contributed by atoms with Gasteiger partial charge in [-0.1, -0.05) is 18.2 Å². The molecular weight excluding hydrogens is 368 g/mol. The molecule has 1 aromatic heterocycles. The van der Waals surface area contributed by atoms with Crippen molar-refractivity contribution in [3.05, 3.63) is 59.9 Å². The predicted octanol–water partition coefficient (Wildman–Crippen LogP) is 1.96. The molecule has 0 aliphatic carbocycles. The molecule has 0 radical (unpaired) electrons. The van der Waals surface area contributed by atoms with E-state index in [0.717, 1.165) is 24.2 Å². The molecular formula is C22H24N4O3. The molecule has 4 heterocycles. The number of piperidine rings is 1. The van der Waals surface area contributed by atoms with Crippen LogP contribution in [-0.4, -0.2) is 52.7 Å². The Labute approximate surface area is 169 Å². The van der Waals surface area contributed by atoms with Crippen molar-refractivity contribution in [3.63, 3.8) is 0 Å². The van der Waals surface area contributed by atoms with E-state index < -0.39 is 5.66 Å². The Morgan fingerprint density at radius 3 is 2.69 bits per heavy atom. The van der Waals surface area contributed by atoms with Crippen LogP contribution in [0.1, 0.15) is 35.3 Å². The Bertz CT molecular complexity index is 940. The summed E-state index contributed by atoms with van der Waals surface area (Å²) in [6.07, 6.45) is 4.27. The summed E-state index contributed by atoms with van der Waals surface area (Å²) < 4.78 is 6.26. The van der Waals surface area contributed by atoms with Gasteiger partial charge in [-0.25, -0.2) is 0 Å². The largest absolute Gasteiger partial charge is 0.370 e. The number of nitrogens with zero attached hydrogens (tertiary/aromatic N) is 2. The zero-order valence-corrected chi connectivity index (χ0v) is 16.2. The quantitative estimate of drug-likeness (QED) is 0.816. The third-order valence-corrected chi connectivity index (χ3v) is 6.23. The van der Waals surface area contributed by atoms with Crippen molar-refractivity contribution in [2.24, 2.45) is 0 Å². The van der Waals surface area contributed by atoms with Gasteiger partial charge >= 0.3 is 0 Å². The molecule has 0 unspecified atom stereocenters. The van der Waals surface area contributed by atoms with Crippen LogP contribution >= 0.6 is 0 Å². The van der Waals surface area contributed by atoms with Crippen LogP contribution in [0.15, 0.2) is 48.7 Å². The number of rotatable bonds is 2. The number of para-hydroxylation sites is 1. The lowest BCUT2D eigenvalue weighted by Crippen LogP contribution is -2.59. The minimum atomic E-state index is -0.578. The van der Waals surface area contributed by atoms with Crippen molar-refractivity contribution in [2.75, 3.05) is 25.0 Å². The van der Waals surface area contributed by atoms with Crippen molar-refractivity contribution < 1.29 is 14.3 Å². The molecule has 29 heavy (non-hydrogen) atoms. The molecule has 1 aromatic carbocycles. The second kappa shape index (κ2) is 6.84. The van der Waals surface area contributed by atoms with Gasteiger partial charge in [0.1, 0.15) is 5.66 Å². The van der Waals surface area contributed by atoms with E-state index in [1.807, 2.05) is 47.4 Å². The van der Waals surface area contributed by atoms with Gasteiger partial charge in [0, 0.05) is 37.1 Å². The van der Waals surface area contributed by atoms with Crippen LogP contribution < -0.4 is 10.6 Å². The molecule has 3 aliphatic rings. The van der Waals surface area contributed by atoms with Gasteiger partial charge in [0.2, 0.25) is 5.91 Å². The maximum absolute atomic E-state index is 12.6. The number of carbonyl (C=O) groups excluding carboxylic acids is 2. The minimum absolute atomic E-state index is 0.0667. The Kier molecular flexibility index (Phi) is 4.28. The number of likely N-dealkylation sites (tertiary alicyclic amines) is 1. The lowest BCUT2D eigenvalue weighted by atomic mass is 9.84. The molecule has 2 saturated heterocycles. The van der Waals surface area contributed by atoms with Crippen LogP contribution in [0.5, 0.6) is 0 Å². The van der Waals surface area contributed by atoms with Gasteiger partial charge in [-0.05, 0) is 37.1 Å². The number of pyridine rings is 1. The molecule has 150 valence electrons. The van der Waals surface area contributed by atoms with Crippen LogP contribution in [0, 0.1) is 0 Å². The Balaban J connectivity index is 1.23. The topological polar surface area (TPSA) is 83.6 Å². The fourth-order valence-corrected chi connectivity index (χ4v) is 4.71. The molecule has 7 heteroatoms. The van der Waals surface area contributed by atoms with E-state index in [-0.39, 0.29) is 17.4 Å². The number of carbonyl (C=O) groups is 2. The SMILES string of the molecule is O=C1N[C@@]2(COC3(CCN(C(=O)Cc4ccccn4)CC3)C2)Nc2ccccc21. The molecule has 1 atom stereocenters. The molecule has 5 rings (SSSR count). The number of benzene rings is 1. The van der Waals surface area contributed by atoms with Crippen molar-refractivity contribution in [1.82, 2.24) is 15.2 Å².